The van der Waals surface area contributed by atoms with E-state index >= 15 is 0 Å². The van der Waals surface area contributed by atoms with Crippen LogP contribution in [0, 0.1) is 5.82 Å². The lowest BCUT2D eigenvalue weighted by atomic mass is 9.80. The Labute approximate surface area is 126 Å². The minimum absolute atomic E-state index is 0.140. The number of para-hydroxylation sites is 1. The fourth-order valence-corrected chi connectivity index (χ4v) is 3.14. The van der Waals surface area contributed by atoms with Gasteiger partial charge in [0.1, 0.15) is 5.82 Å². The van der Waals surface area contributed by atoms with Gasteiger partial charge in [0.05, 0.1) is 0 Å². The average Bonchev–Trinajstić information content (AvgIpc) is 2.46. The molecule has 0 bridgehead atoms. The molecule has 0 aromatic heterocycles. The van der Waals surface area contributed by atoms with Gasteiger partial charge in [-0.2, -0.15) is 0 Å². The van der Waals surface area contributed by atoms with Gasteiger partial charge in [-0.25, -0.2) is 4.39 Å². The minimum atomic E-state index is -0.169. The largest absolute Gasteiger partial charge is 0.384 e. The second-order valence-electron chi connectivity index (χ2n) is 6.92. The van der Waals surface area contributed by atoms with E-state index in [1.54, 1.807) is 12.1 Å². The van der Waals surface area contributed by atoms with Gasteiger partial charge in [0.15, 0.2) is 0 Å². The summed E-state index contributed by atoms with van der Waals surface area (Å²) in [6, 6.07) is 13.5. The van der Waals surface area contributed by atoms with Crippen LogP contribution in [0.2, 0.25) is 0 Å². The highest BCUT2D eigenvalue weighted by Gasteiger charge is 2.25. The molecule has 0 saturated carbocycles. The summed E-state index contributed by atoms with van der Waals surface area (Å²) in [7, 11) is 0. The SMILES string of the molecule is CC(C)(C)c1cccc2c1NCC(c1ccc(F)cc1)C2. The van der Waals surface area contributed by atoms with Crippen molar-refractivity contribution in [1.82, 2.24) is 0 Å². The molecule has 1 aliphatic heterocycles. The van der Waals surface area contributed by atoms with Crippen molar-refractivity contribution in [2.45, 2.75) is 38.5 Å². The van der Waals surface area contributed by atoms with Gasteiger partial charge in [0, 0.05) is 18.2 Å². The van der Waals surface area contributed by atoms with Crippen LogP contribution in [-0.4, -0.2) is 6.54 Å². The number of rotatable bonds is 1. The second kappa shape index (κ2) is 5.18. The number of hydrogen-bond donors (Lipinski definition) is 1. The van der Waals surface area contributed by atoms with E-state index in [0.717, 1.165) is 13.0 Å². The lowest BCUT2D eigenvalue weighted by molar-refractivity contribution is 0.585. The van der Waals surface area contributed by atoms with Crippen molar-refractivity contribution in [1.29, 1.82) is 0 Å². The highest BCUT2D eigenvalue weighted by molar-refractivity contribution is 5.62. The van der Waals surface area contributed by atoms with Gasteiger partial charge in [0.2, 0.25) is 0 Å². The molecular formula is C19H22FN. The van der Waals surface area contributed by atoms with E-state index in [0.29, 0.717) is 5.92 Å². The van der Waals surface area contributed by atoms with Crippen molar-refractivity contribution in [3.8, 4) is 0 Å². The number of hydrogen-bond acceptors (Lipinski definition) is 1. The molecule has 21 heavy (non-hydrogen) atoms. The highest BCUT2D eigenvalue weighted by Crippen LogP contribution is 2.37. The topological polar surface area (TPSA) is 12.0 Å². The van der Waals surface area contributed by atoms with E-state index in [9.17, 15) is 4.39 Å². The Morgan fingerprint density at radius 1 is 1.05 bits per heavy atom. The molecule has 0 spiro atoms. The maximum Gasteiger partial charge on any atom is 0.123 e. The van der Waals surface area contributed by atoms with E-state index < -0.39 is 0 Å². The molecule has 0 aliphatic carbocycles. The number of halogens is 1. The van der Waals surface area contributed by atoms with Crippen LogP contribution >= 0.6 is 0 Å². The summed E-state index contributed by atoms with van der Waals surface area (Å²) in [4.78, 5) is 0. The fraction of sp³-hybridized carbons (Fsp3) is 0.368. The van der Waals surface area contributed by atoms with Crippen LogP contribution in [0.25, 0.3) is 0 Å². The molecule has 2 heteroatoms. The number of benzene rings is 2. The van der Waals surface area contributed by atoms with E-state index in [1.807, 2.05) is 12.1 Å². The van der Waals surface area contributed by atoms with Gasteiger partial charge < -0.3 is 5.32 Å². The molecule has 1 aliphatic rings. The zero-order valence-corrected chi connectivity index (χ0v) is 12.9. The van der Waals surface area contributed by atoms with Crippen LogP contribution in [-0.2, 0) is 11.8 Å². The first kappa shape index (κ1) is 14.1. The molecule has 110 valence electrons. The second-order valence-corrected chi connectivity index (χ2v) is 6.92. The summed E-state index contributed by atoms with van der Waals surface area (Å²) >= 11 is 0. The Hall–Kier alpha value is -1.83. The van der Waals surface area contributed by atoms with Crippen LogP contribution in [0.15, 0.2) is 42.5 Å². The Morgan fingerprint density at radius 2 is 1.76 bits per heavy atom. The van der Waals surface area contributed by atoms with Crippen molar-refractivity contribution in [3.63, 3.8) is 0 Å². The van der Waals surface area contributed by atoms with Crippen molar-refractivity contribution in [3.05, 3.63) is 65.0 Å². The van der Waals surface area contributed by atoms with Crippen LogP contribution < -0.4 is 5.32 Å². The van der Waals surface area contributed by atoms with Gasteiger partial charge >= 0.3 is 0 Å². The highest BCUT2D eigenvalue weighted by atomic mass is 19.1. The normalized spacial score (nSPS) is 18.0. The maximum atomic E-state index is 13.1. The number of anilines is 1. The lowest BCUT2D eigenvalue weighted by Gasteiger charge is -2.32. The van der Waals surface area contributed by atoms with Crippen molar-refractivity contribution >= 4 is 5.69 Å². The predicted octanol–water partition coefficient (Wildman–Crippen LogP) is 4.88. The van der Waals surface area contributed by atoms with Crippen LogP contribution in [0.1, 0.15) is 43.4 Å². The third-order valence-electron chi connectivity index (χ3n) is 4.29. The van der Waals surface area contributed by atoms with Crippen LogP contribution in [0.3, 0.4) is 0 Å². The molecule has 1 unspecified atom stereocenters. The zero-order chi connectivity index (χ0) is 15.0. The minimum Gasteiger partial charge on any atom is -0.384 e. The van der Waals surface area contributed by atoms with Gasteiger partial charge in [0.25, 0.3) is 0 Å². The smallest absolute Gasteiger partial charge is 0.123 e. The maximum absolute atomic E-state index is 13.1. The van der Waals surface area contributed by atoms with Gasteiger partial charge in [-0.05, 0) is 40.7 Å². The van der Waals surface area contributed by atoms with E-state index in [4.69, 9.17) is 0 Å². The van der Waals surface area contributed by atoms with Gasteiger partial charge in [-0.15, -0.1) is 0 Å². The molecule has 1 nitrogen and oxygen atoms in total. The monoisotopic (exact) mass is 283 g/mol. The fourth-order valence-electron chi connectivity index (χ4n) is 3.14. The van der Waals surface area contributed by atoms with E-state index in [-0.39, 0.29) is 11.2 Å². The molecule has 2 aromatic rings. The molecule has 1 N–H and O–H groups in total. The van der Waals surface area contributed by atoms with E-state index in [1.165, 1.54) is 22.4 Å². The van der Waals surface area contributed by atoms with E-state index in [2.05, 4.69) is 44.3 Å². The predicted molar refractivity (Wildman–Crippen MR) is 86.5 cm³/mol. The third-order valence-corrected chi connectivity index (χ3v) is 4.29. The summed E-state index contributed by atoms with van der Waals surface area (Å²) in [5, 5.41) is 3.61. The van der Waals surface area contributed by atoms with Gasteiger partial charge in [-0.1, -0.05) is 51.1 Å². The molecule has 0 saturated heterocycles. The van der Waals surface area contributed by atoms with Gasteiger partial charge in [-0.3, -0.25) is 0 Å². The summed E-state index contributed by atoms with van der Waals surface area (Å²) in [6.45, 7) is 7.65. The molecule has 2 aromatic carbocycles. The zero-order valence-electron chi connectivity index (χ0n) is 12.9. The molecular weight excluding hydrogens is 261 g/mol. The van der Waals surface area contributed by atoms with Crippen LogP contribution in [0.5, 0.6) is 0 Å². The molecule has 1 heterocycles. The van der Waals surface area contributed by atoms with Crippen molar-refractivity contribution < 1.29 is 4.39 Å². The summed E-state index contributed by atoms with van der Waals surface area (Å²) in [5.41, 5.74) is 5.38. The lowest BCUT2D eigenvalue weighted by Crippen LogP contribution is -2.25. The average molecular weight is 283 g/mol. The summed E-state index contributed by atoms with van der Waals surface area (Å²) in [5.74, 6) is 0.242. The molecule has 0 radical (unpaired) electrons. The van der Waals surface area contributed by atoms with Crippen LogP contribution in [0.4, 0.5) is 10.1 Å². The first-order valence-corrected chi connectivity index (χ1v) is 7.57. The first-order valence-electron chi connectivity index (χ1n) is 7.57. The Bertz CT molecular complexity index is 638. The summed E-state index contributed by atoms with van der Waals surface area (Å²) in [6.07, 6.45) is 1.01. The summed E-state index contributed by atoms with van der Waals surface area (Å²) < 4.78 is 13.1. The Morgan fingerprint density at radius 3 is 2.43 bits per heavy atom. The van der Waals surface area contributed by atoms with Crippen molar-refractivity contribution in [2.24, 2.45) is 0 Å². The number of nitrogens with one attached hydrogen (secondary N) is 1. The standard InChI is InChI=1S/C19H22FN/c1-19(2,3)17-6-4-5-14-11-15(12-21-18(14)17)13-7-9-16(20)10-8-13/h4-10,15,21H,11-12H2,1-3H3. The Kier molecular flexibility index (Phi) is 3.48. The Balaban J connectivity index is 1.91. The molecule has 0 amide bonds. The molecule has 3 rings (SSSR count). The molecule has 0 fully saturated rings. The first-order chi connectivity index (χ1) is 9.95. The third kappa shape index (κ3) is 2.80. The quantitative estimate of drug-likeness (QED) is 0.787. The van der Waals surface area contributed by atoms with Crippen molar-refractivity contribution in [2.75, 3.05) is 11.9 Å². The number of fused-ring (bicyclic) bond motifs is 1. The molecule has 1 atom stereocenters.